The van der Waals surface area contributed by atoms with E-state index in [1.165, 1.54) is 12.1 Å². The Morgan fingerprint density at radius 3 is 2.50 bits per heavy atom. The predicted octanol–water partition coefficient (Wildman–Crippen LogP) is 2.85. The Morgan fingerprint density at radius 1 is 1.23 bits per heavy atom. The summed E-state index contributed by atoms with van der Waals surface area (Å²) in [5.41, 5.74) is 1.99. The van der Waals surface area contributed by atoms with Crippen molar-refractivity contribution in [2.24, 2.45) is 4.99 Å². The fourth-order valence-electron chi connectivity index (χ4n) is 2.34. The summed E-state index contributed by atoms with van der Waals surface area (Å²) in [6.45, 7) is 6.64. The number of guanidine groups is 1. The highest BCUT2D eigenvalue weighted by Gasteiger charge is 2.07. The number of halogens is 2. The molecule has 1 aromatic carbocycles. The van der Waals surface area contributed by atoms with Gasteiger partial charge in [-0.05, 0) is 38.6 Å². The zero-order valence-electron chi connectivity index (χ0n) is 15.7. The third-order valence-corrected chi connectivity index (χ3v) is 3.86. The van der Waals surface area contributed by atoms with Crippen LogP contribution in [0, 0.1) is 19.7 Å². The lowest BCUT2D eigenvalue weighted by Gasteiger charge is -2.18. The highest BCUT2D eigenvalue weighted by atomic mass is 127. The molecular weight excluding hydrogens is 448 g/mol. The summed E-state index contributed by atoms with van der Waals surface area (Å²) in [5, 5.41) is 6.43. The first-order valence-corrected chi connectivity index (χ1v) is 8.28. The van der Waals surface area contributed by atoms with Crippen LogP contribution in [0.4, 0.5) is 4.39 Å². The minimum atomic E-state index is -0.209. The van der Waals surface area contributed by atoms with Gasteiger partial charge >= 0.3 is 0 Å². The lowest BCUT2D eigenvalue weighted by Crippen LogP contribution is -2.40. The van der Waals surface area contributed by atoms with Crippen molar-refractivity contribution in [3.05, 3.63) is 53.0 Å². The number of aliphatic imine (C=N–C) groups is 1. The van der Waals surface area contributed by atoms with E-state index in [0.717, 1.165) is 36.7 Å². The zero-order valence-corrected chi connectivity index (χ0v) is 18.0. The quantitative estimate of drug-likeness (QED) is 0.367. The highest BCUT2D eigenvalue weighted by molar-refractivity contribution is 14.0. The summed E-state index contributed by atoms with van der Waals surface area (Å²) in [4.78, 5) is 10.7. The number of likely N-dealkylation sites (N-methyl/N-ethyl adjacent to an activating group) is 1. The van der Waals surface area contributed by atoms with Gasteiger partial charge in [-0.2, -0.15) is 0 Å². The van der Waals surface area contributed by atoms with Gasteiger partial charge in [-0.1, -0.05) is 12.1 Å². The zero-order chi connectivity index (χ0) is 18.2. The molecule has 1 heterocycles. The topological polar surface area (TPSA) is 65.7 Å². The normalized spacial score (nSPS) is 11.4. The molecule has 0 bridgehead atoms. The van der Waals surface area contributed by atoms with Crippen LogP contribution >= 0.6 is 24.0 Å². The van der Waals surface area contributed by atoms with Crippen molar-refractivity contribution in [3.8, 4) is 0 Å². The number of aromatic nitrogens is 1. The second kappa shape index (κ2) is 11.1. The van der Waals surface area contributed by atoms with Crippen molar-refractivity contribution in [2.75, 3.05) is 27.2 Å². The Bertz CT molecular complexity index is 683. The molecule has 0 fully saturated rings. The van der Waals surface area contributed by atoms with Crippen LogP contribution in [0.2, 0.25) is 0 Å². The molecule has 1 aromatic heterocycles. The Hall–Kier alpha value is -1.68. The van der Waals surface area contributed by atoms with Gasteiger partial charge in [-0.25, -0.2) is 9.37 Å². The third-order valence-electron chi connectivity index (χ3n) is 3.86. The molecule has 2 rings (SSSR count). The number of aryl methyl sites for hydroxylation is 2. The molecular formula is C18H27FIN5O. The molecule has 144 valence electrons. The molecule has 0 saturated heterocycles. The van der Waals surface area contributed by atoms with Crippen LogP contribution in [0.5, 0.6) is 0 Å². The van der Waals surface area contributed by atoms with Crippen LogP contribution in [0.25, 0.3) is 0 Å². The summed E-state index contributed by atoms with van der Waals surface area (Å²) < 4.78 is 18.5. The number of nitrogens with one attached hydrogen (secondary N) is 2. The number of rotatable bonds is 7. The maximum absolute atomic E-state index is 12.9. The van der Waals surface area contributed by atoms with Crippen LogP contribution in [0.3, 0.4) is 0 Å². The van der Waals surface area contributed by atoms with E-state index >= 15 is 0 Å². The first-order chi connectivity index (χ1) is 12.0. The summed E-state index contributed by atoms with van der Waals surface area (Å²) >= 11 is 0. The monoisotopic (exact) mass is 475 g/mol. The largest absolute Gasteiger partial charge is 0.444 e. The highest BCUT2D eigenvalue weighted by Crippen LogP contribution is 2.07. The van der Waals surface area contributed by atoms with Gasteiger partial charge < -0.3 is 20.0 Å². The lowest BCUT2D eigenvalue weighted by molar-refractivity contribution is 0.331. The molecule has 8 heteroatoms. The van der Waals surface area contributed by atoms with Crippen molar-refractivity contribution in [3.63, 3.8) is 0 Å². The lowest BCUT2D eigenvalue weighted by atomic mass is 10.2. The van der Waals surface area contributed by atoms with Gasteiger partial charge in [0, 0.05) is 26.7 Å². The molecule has 0 saturated carbocycles. The Labute approximate surface area is 171 Å². The van der Waals surface area contributed by atoms with E-state index in [1.54, 1.807) is 19.2 Å². The van der Waals surface area contributed by atoms with Gasteiger partial charge in [0.2, 0.25) is 5.89 Å². The minimum absolute atomic E-state index is 0. The van der Waals surface area contributed by atoms with E-state index in [2.05, 4.69) is 25.5 Å². The smallest absolute Gasteiger partial charge is 0.214 e. The molecule has 0 radical (unpaired) electrons. The molecule has 2 N–H and O–H groups in total. The molecule has 0 aliphatic heterocycles. The molecule has 0 spiro atoms. The maximum Gasteiger partial charge on any atom is 0.214 e. The van der Waals surface area contributed by atoms with Crippen LogP contribution in [-0.2, 0) is 13.1 Å². The summed E-state index contributed by atoms with van der Waals surface area (Å²) in [6, 6.07) is 6.58. The van der Waals surface area contributed by atoms with Gasteiger partial charge in [-0.15, -0.1) is 24.0 Å². The van der Waals surface area contributed by atoms with E-state index in [4.69, 9.17) is 4.42 Å². The molecule has 6 nitrogen and oxygen atoms in total. The Kier molecular flexibility index (Phi) is 9.57. The molecule has 2 aromatic rings. The Morgan fingerprint density at radius 2 is 1.92 bits per heavy atom. The van der Waals surface area contributed by atoms with Crippen molar-refractivity contribution >= 4 is 29.9 Å². The number of hydrogen-bond acceptors (Lipinski definition) is 4. The molecule has 0 unspecified atom stereocenters. The fourth-order valence-corrected chi connectivity index (χ4v) is 2.34. The minimum Gasteiger partial charge on any atom is -0.444 e. The van der Waals surface area contributed by atoms with Crippen molar-refractivity contribution in [1.82, 2.24) is 20.5 Å². The van der Waals surface area contributed by atoms with Gasteiger partial charge in [0.15, 0.2) is 5.96 Å². The molecule has 0 amide bonds. The van der Waals surface area contributed by atoms with Crippen molar-refractivity contribution < 1.29 is 8.81 Å². The Balaban J connectivity index is 0.00000338. The molecule has 0 aliphatic rings. The first kappa shape index (κ1) is 22.4. The second-order valence-corrected chi connectivity index (χ2v) is 5.97. The van der Waals surface area contributed by atoms with Gasteiger partial charge in [0.25, 0.3) is 0 Å². The standard InChI is InChI=1S/C18H26FN5O.HI/c1-13-14(2)25-17(23-13)11-22-18(20-3)21-9-10-24(4)12-15-5-7-16(19)8-6-15;/h5-8H,9-12H2,1-4H3,(H2,20,21,22);1H. The number of nitrogens with zero attached hydrogens (tertiary/aromatic N) is 3. The van der Waals surface area contributed by atoms with E-state index in [-0.39, 0.29) is 29.8 Å². The summed E-state index contributed by atoms with van der Waals surface area (Å²) in [7, 11) is 3.75. The van der Waals surface area contributed by atoms with Gasteiger partial charge in [-0.3, -0.25) is 4.99 Å². The number of hydrogen-bond donors (Lipinski definition) is 2. The SMILES string of the molecule is CN=C(NCCN(C)Cc1ccc(F)cc1)NCc1nc(C)c(C)o1.I. The molecule has 0 aliphatic carbocycles. The first-order valence-electron chi connectivity index (χ1n) is 8.28. The predicted molar refractivity (Wildman–Crippen MR) is 112 cm³/mol. The average Bonchev–Trinajstić information content (AvgIpc) is 2.91. The molecule has 0 atom stereocenters. The van der Waals surface area contributed by atoms with E-state index in [9.17, 15) is 4.39 Å². The van der Waals surface area contributed by atoms with Crippen molar-refractivity contribution in [1.29, 1.82) is 0 Å². The number of oxazole rings is 1. The third kappa shape index (κ3) is 7.28. The summed E-state index contributed by atoms with van der Waals surface area (Å²) in [6.07, 6.45) is 0. The molecule has 26 heavy (non-hydrogen) atoms. The average molecular weight is 475 g/mol. The van der Waals surface area contributed by atoms with Crippen LogP contribution in [0.15, 0.2) is 33.7 Å². The van der Waals surface area contributed by atoms with E-state index in [0.29, 0.717) is 18.4 Å². The van der Waals surface area contributed by atoms with Crippen LogP contribution in [-0.4, -0.2) is 43.0 Å². The van der Waals surface area contributed by atoms with E-state index < -0.39 is 0 Å². The van der Waals surface area contributed by atoms with Gasteiger partial charge in [0.05, 0.1) is 12.2 Å². The second-order valence-electron chi connectivity index (χ2n) is 5.97. The maximum atomic E-state index is 12.9. The fraction of sp³-hybridized carbons (Fsp3) is 0.444. The number of benzene rings is 1. The summed E-state index contributed by atoms with van der Waals surface area (Å²) in [5.74, 6) is 1.97. The van der Waals surface area contributed by atoms with Crippen LogP contribution in [0.1, 0.15) is 22.9 Å². The van der Waals surface area contributed by atoms with Crippen LogP contribution < -0.4 is 10.6 Å². The van der Waals surface area contributed by atoms with E-state index in [1.807, 2.05) is 20.9 Å². The van der Waals surface area contributed by atoms with Crippen molar-refractivity contribution in [2.45, 2.75) is 26.9 Å². The van der Waals surface area contributed by atoms with Gasteiger partial charge in [0.1, 0.15) is 11.6 Å².